The maximum absolute atomic E-state index is 12.7. The van der Waals surface area contributed by atoms with E-state index < -0.39 is 6.10 Å². The van der Waals surface area contributed by atoms with E-state index in [9.17, 15) is 9.50 Å². The number of aliphatic hydroxyl groups is 1. The molecule has 0 heterocycles. The Morgan fingerprint density at radius 3 is 2.47 bits per heavy atom. The third-order valence-corrected chi connectivity index (χ3v) is 2.40. The Morgan fingerprint density at radius 1 is 1.33 bits per heavy atom. The first-order valence-corrected chi connectivity index (χ1v) is 5.32. The van der Waals surface area contributed by atoms with Crippen LogP contribution in [0.4, 0.5) is 4.39 Å². The van der Waals surface area contributed by atoms with Crippen molar-refractivity contribution in [3.63, 3.8) is 0 Å². The van der Waals surface area contributed by atoms with Crippen LogP contribution in [0.25, 0.3) is 0 Å². The van der Waals surface area contributed by atoms with Crippen molar-refractivity contribution in [1.29, 1.82) is 0 Å². The highest BCUT2D eigenvalue weighted by Crippen LogP contribution is 2.16. The van der Waals surface area contributed by atoms with Crippen molar-refractivity contribution in [2.45, 2.75) is 32.4 Å². The van der Waals surface area contributed by atoms with Crippen molar-refractivity contribution in [2.24, 2.45) is 0 Å². The lowest BCUT2D eigenvalue weighted by molar-refractivity contribution is 0.136. The fourth-order valence-electron chi connectivity index (χ4n) is 1.43. The molecule has 1 aromatic rings. The van der Waals surface area contributed by atoms with Gasteiger partial charge in [-0.2, -0.15) is 0 Å². The second kappa shape index (κ2) is 5.83. The van der Waals surface area contributed by atoms with Crippen molar-refractivity contribution in [2.75, 3.05) is 6.54 Å². The number of aliphatic hydroxyl groups excluding tert-OH is 1. The standard InChI is InChI=1S/C12H18FNO/c1-3-8-14-9(2)12(15)10-4-6-11(13)7-5-10/h4-7,9,12,14-15H,3,8H2,1-2H3. The number of hydrogen-bond acceptors (Lipinski definition) is 2. The van der Waals surface area contributed by atoms with Crippen LogP contribution in [0.1, 0.15) is 31.9 Å². The quantitative estimate of drug-likeness (QED) is 0.783. The molecule has 0 spiro atoms. The molecule has 2 nitrogen and oxygen atoms in total. The number of benzene rings is 1. The highest BCUT2D eigenvalue weighted by atomic mass is 19.1. The lowest BCUT2D eigenvalue weighted by atomic mass is 10.0. The second-order valence-corrected chi connectivity index (χ2v) is 3.74. The molecule has 0 aromatic heterocycles. The first-order chi connectivity index (χ1) is 7.15. The Balaban J connectivity index is 2.59. The van der Waals surface area contributed by atoms with Crippen molar-refractivity contribution in [3.8, 4) is 0 Å². The van der Waals surface area contributed by atoms with E-state index in [1.165, 1.54) is 12.1 Å². The summed E-state index contributed by atoms with van der Waals surface area (Å²) in [4.78, 5) is 0. The van der Waals surface area contributed by atoms with E-state index in [-0.39, 0.29) is 11.9 Å². The summed E-state index contributed by atoms with van der Waals surface area (Å²) >= 11 is 0. The van der Waals surface area contributed by atoms with Gasteiger partial charge in [-0.3, -0.25) is 0 Å². The van der Waals surface area contributed by atoms with Crippen LogP contribution in [0.2, 0.25) is 0 Å². The highest BCUT2D eigenvalue weighted by molar-refractivity contribution is 5.19. The van der Waals surface area contributed by atoms with E-state index in [1.807, 2.05) is 6.92 Å². The predicted octanol–water partition coefficient (Wildman–Crippen LogP) is 2.25. The largest absolute Gasteiger partial charge is 0.387 e. The van der Waals surface area contributed by atoms with E-state index >= 15 is 0 Å². The van der Waals surface area contributed by atoms with E-state index in [0.717, 1.165) is 18.5 Å². The van der Waals surface area contributed by atoms with Gasteiger partial charge in [0.25, 0.3) is 0 Å². The van der Waals surface area contributed by atoms with Crippen molar-refractivity contribution in [3.05, 3.63) is 35.6 Å². The normalized spacial score (nSPS) is 14.9. The van der Waals surface area contributed by atoms with E-state index in [2.05, 4.69) is 12.2 Å². The molecule has 84 valence electrons. The highest BCUT2D eigenvalue weighted by Gasteiger charge is 2.14. The molecule has 0 saturated carbocycles. The van der Waals surface area contributed by atoms with Gasteiger partial charge in [0.2, 0.25) is 0 Å². The van der Waals surface area contributed by atoms with Crippen molar-refractivity contribution in [1.82, 2.24) is 5.32 Å². The van der Waals surface area contributed by atoms with E-state index in [1.54, 1.807) is 12.1 Å². The van der Waals surface area contributed by atoms with Gasteiger partial charge < -0.3 is 10.4 Å². The minimum absolute atomic E-state index is 0.0181. The Labute approximate surface area is 90.1 Å². The van der Waals surface area contributed by atoms with Crippen LogP contribution in [0.5, 0.6) is 0 Å². The summed E-state index contributed by atoms with van der Waals surface area (Å²) in [5.74, 6) is -0.278. The molecule has 0 radical (unpaired) electrons. The third kappa shape index (κ3) is 3.61. The summed E-state index contributed by atoms with van der Waals surface area (Å²) in [6, 6.07) is 5.94. The molecular weight excluding hydrogens is 193 g/mol. The van der Waals surface area contributed by atoms with Crippen molar-refractivity contribution >= 4 is 0 Å². The first-order valence-electron chi connectivity index (χ1n) is 5.32. The molecule has 15 heavy (non-hydrogen) atoms. The van der Waals surface area contributed by atoms with Crippen LogP contribution >= 0.6 is 0 Å². The van der Waals surface area contributed by atoms with Gasteiger partial charge in [0.1, 0.15) is 5.82 Å². The SMILES string of the molecule is CCCNC(C)C(O)c1ccc(F)cc1. The van der Waals surface area contributed by atoms with Crippen LogP contribution in [0.15, 0.2) is 24.3 Å². The maximum atomic E-state index is 12.7. The van der Waals surface area contributed by atoms with Gasteiger partial charge in [0, 0.05) is 6.04 Å². The number of nitrogens with one attached hydrogen (secondary N) is 1. The van der Waals surface area contributed by atoms with Crippen molar-refractivity contribution < 1.29 is 9.50 Å². The van der Waals surface area contributed by atoms with Crippen LogP contribution < -0.4 is 5.32 Å². The Kier molecular flexibility index (Phi) is 4.72. The molecule has 2 unspecified atom stereocenters. The lowest BCUT2D eigenvalue weighted by Gasteiger charge is -2.20. The van der Waals surface area contributed by atoms with Crippen LogP contribution in [0.3, 0.4) is 0 Å². The topological polar surface area (TPSA) is 32.3 Å². The maximum Gasteiger partial charge on any atom is 0.123 e. The zero-order chi connectivity index (χ0) is 11.3. The van der Waals surface area contributed by atoms with E-state index in [4.69, 9.17) is 0 Å². The lowest BCUT2D eigenvalue weighted by Crippen LogP contribution is -2.32. The minimum atomic E-state index is -0.586. The summed E-state index contributed by atoms with van der Waals surface area (Å²) in [5, 5.41) is 13.1. The Bertz CT molecular complexity index is 286. The number of rotatable bonds is 5. The van der Waals surface area contributed by atoms with Crippen LogP contribution in [0, 0.1) is 5.82 Å². The molecule has 0 aliphatic heterocycles. The molecule has 3 heteroatoms. The molecule has 1 rings (SSSR count). The van der Waals surface area contributed by atoms with E-state index in [0.29, 0.717) is 0 Å². The molecule has 2 atom stereocenters. The summed E-state index contributed by atoms with van der Waals surface area (Å²) < 4.78 is 12.7. The van der Waals surface area contributed by atoms with Gasteiger partial charge in [-0.05, 0) is 37.6 Å². The molecule has 1 aromatic carbocycles. The second-order valence-electron chi connectivity index (χ2n) is 3.74. The summed E-state index contributed by atoms with van der Waals surface area (Å²) in [5.41, 5.74) is 0.743. The predicted molar refractivity (Wildman–Crippen MR) is 59.1 cm³/mol. The van der Waals surface area contributed by atoms with Crippen LogP contribution in [-0.2, 0) is 0 Å². The van der Waals surface area contributed by atoms with Gasteiger partial charge in [-0.1, -0.05) is 19.1 Å². The summed E-state index contributed by atoms with van der Waals surface area (Å²) in [7, 11) is 0. The average Bonchev–Trinajstić information content (AvgIpc) is 2.26. The Hall–Kier alpha value is -0.930. The molecule has 0 bridgehead atoms. The van der Waals surface area contributed by atoms with Gasteiger partial charge in [0.15, 0.2) is 0 Å². The van der Waals surface area contributed by atoms with Gasteiger partial charge in [-0.25, -0.2) is 4.39 Å². The monoisotopic (exact) mass is 211 g/mol. The molecule has 0 saturated heterocycles. The Morgan fingerprint density at radius 2 is 1.93 bits per heavy atom. The van der Waals surface area contributed by atoms with Gasteiger partial charge in [0.05, 0.1) is 6.10 Å². The molecule has 0 fully saturated rings. The first kappa shape index (κ1) is 12.1. The molecule has 2 N–H and O–H groups in total. The van der Waals surface area contributed by atoms with Crippen LogP contribution in [-0.4, -0.2) is 17.7 Å². The fraction of sp³-hybridized carbons (Fsp3) is 0.500. The van der Waals surface area contributed by atoms with Gasteiger partial charge >= 0.3 is 0 Å². The minimum Gasteiger partial charge on any atom is -0.387 e. The molecule has 0 aliphatic carbocycles. The zero-order valence-electron chi connectivity index (χ0n) is 9.20. The smallest absolute Gasteiger partial charge is 0.123 e. The van der Waals surface area contributed by atoms with Gasteiger partial charge in [-0.15, -0.1) is 0 Å². The zero-order valence-corrected chi connectivity index (χ0v) is 9.20. The average molecular weight is 211 g/mol. The third-order valence-electron chi connectivity index (χ3n) is 2.40. The summed E-state index contributed by atoms with van der Waals surface area (Å²) in [6.45, 7) is 4.87. The number of hydrogen-bond donors (Lipinski definition) is 2. The number of halogens is 1. The molecule has 0 amide bonds. The molecular formula is C12H18FNO. The summed E-state index contributed by atoms with van der Waals surface area (Å²) in [6.07, 6.45) is 0.442. The molecule has 0 aliphatic rings. The fourth-order valence-corrected chi connectivity index (χ4v) is 1.43.